The summed E-state index contributed by atoms with van der Waals surface area (Å²) in [7, 11) is 3.56. The lowest BCUT2D eigenvalue weighted by atomic mass is 10.1. The average Bonchev–Trinajstić information content (AvgIpc) is 2.67. The summed E-state index contributed by atoms with van der Waals surface area (Å²) in [5, 5.41) is 7.79. The summed E-state index contributed by atoms with van der Waals surface area (Å²) >= 11 is 0. The van der Waals surface area contributed by atoms with Gasteiger partial charge in [0, 0.05) is 12.7 Å². The lowest BCUT2D eigenvalue weighted by Crippen LogP contribution is -2.01. The van der Waals surface area contributed by atoms with E-state index in [2.05, 4.69) is 24.3 Å². The molecule has 1 aromatic heterocycles. The normalized spacial score (nSPS) is 10.9. The predicted molar refractivity (Wildman–Crippen MR) is 82.7 cm³/mol. The number of ether oxygens (including phenoxy) is 1. The van der Waals surface area contributed by atoms with Gasteiger partial charge in [0.25, 0.3) is 0 Å². The second-order valence-electron chi connectivity index (χ2n) is 5.24. The molecule has 2 rings (SSSR count). The molecule has 0 aliphatic rings. The van der Waals surface area contributed by atoms with Crippen molar-refractivity contribution >= 4 is 17.2 Å². The number of hydrogen-bond acceptors (Lipinski definition) is 4. The van der Waals surface area contributed by atoms with E-state index in [0.29, 0.717) is 11.6 Å². The molecule has 3 N–H and O–H groups in total. The van der Waals surface area contributed by atoms with Crippen LogP contribution in [0, 0.1) is 6.92 Å². The Morgan fingerprint density at radius 3 is 2.55 bits per heavy atom. The number of anilines is 3. The molecule has 2 aromatic rings. The Morgan fingerprint density at radius 1 is 1.35 bits per heavy atom. The minimum Gasteiger partial charge on any atom is -0.496 e. The molecule has 0 radical (unpaired) electrons. The van der Waals surface area contributed by atoms with Crippen LogP contribution in [-0.4, -0.2) is 16.9 Å². The molecular formula is C15H22N4O. The van der Waals surface area contributed by atoms with Crippen LogP contribution >= 0.6 is 0 Å². The van der Waals surface area contributed by atoms with E-state index in [1.807, 2.05) is 32.2 Å². The Balaban J connectivity index is 2.33. The Morgan fingerprint density at radius 2 is 2.05 bits per heavy atom. The molecule has 0 aliphatic heterocycles. The number of nitrogens with one attached hydrogen (secondary N) is 1. The number of rotatable bonds is 4. The fourth-order valence-electron chi connectivity index (χ4n) is 2.23. The smallest absolute Gasteiger partial charge is 0.152 e. The second-order valence-corrected chi connectivity index (χ2v) is 5.24. The number of aromatic nitrogens is 2. The van der Waals surface area contributed by atoms with Gasteiger partial charge in [-0.3, -0.25) is 4.68 Å². The van der Waals surface area contributed by atoms with Crippen molar-refractivity contribution < 1.29 is 4.74 Å². The third-order valence-corrected chi connectivity index (χ3v) is 3.32. The first-order valence-corrected chi connectivity index (χ1v) is 6.68. The molecule has 5 heteroatoms. The summed E-state index contributed by atoms with van der Waals surface area (Å²) < 4.78 is 7.05. The zero-order valence-electron chi connectivity index (χ0n) is 12.7. The highest BCUT2D eigenvalue weighted by Crippen LogP contribution is 2.31. The van der Waals surface area contributed by atoms with E-state index in [-0.39, 0.29) is 0 Å². The molecular weight excluding hydrogens is 252 g/mol. The van der Waals surface area contributed by atoms with Gasteiger partial charge in [0.05, 0.1) is 18.5 Å². The van der Waals surface area contributed by atoms with Crippen LogP contribution in [0.4, 0.5) is 17.2 Å². The number of nitrogen functional groups attached to an aromatic ring is 1. The topological polar surface area (TPSA) is 65.1 Å². The van der Waals surface area contributed by atoms with Gasteiger partial charge in [-0.15, -0.1) is 0 Å². The Labute approximate surface area is 119 Å². The molecule has 108 valence electrons. The van der Waals surface area contributed by atoms with Crippen molar-refractivity contribution in [2.75, 3.05) is 18.2 Å². The highest BCUT2D eigenvalue weighted by Gasteiger charge is 2.16. The lowest BCUT2D eigenvalue weighted by molar-refractivity contribution is 0.412. The number of benzene rings is 1. The van der Waals surface area contributed by atoms with Gasteiger partial charge in [-0.25, -0.2) is 0 Å². The second kappa shape index (κ2) is 5.45. The van der Waals surface area contributed by atoms with Crippen molar-refractivity contribution in [3.05, 3.63) is 29.5 Å². The number of aryl methyl sites for hydroxylation is 2. The maximum atomic E-state index is 6.18. The minimum absolute atomic E-state index is 0.300. The molecule has 0 saturated heterocycles. The monoisotopic (exact) mass is 274 g/mol. The van der Waals surface area contributed by atoms with Gasteiger partial charge < -0.3 is 15.8 Å². The molecule has 1 heterocycles. The number of nitrogens with zero attached hydrogens (tertiary/aromatic N) is 2. The highest BCUT2D eigenvalue weighted by atomic mass is 16.5. The molecule has 0 bridgehead atoms. The van der Waals surface area contributed by atoms with Crippen molar-refractivity contribution in [2.45, 2.75) is 26.7 Å². The van der Waals surface area contributed by atoms with Gasteiger partial charge in [0.15, 0.2) is 5.82 Å². The molecule has 0 atom stereocenters. The van der Waals surface area contributed by atoms with Crippen molar-refractivity contribution in [3.63, 3.8) is 0 Å². The van der Waals surface area contributed by atoms with Crippen LogP contribution in [0.25, 0.3) is 0 Å². The summed E-state index contributed by atoms with van der Waals surface area (Å²) in [5.74, 6) is 1.99. The first kappa shape index (κ1) is 14.2. The fourth-order valence-corrected chi connectivity index (χ4v) is 2.23. The first-order chi connectivity index (χ1) is 9.43. The van der Waals surface area contributed by atoms with Gasteiger partial charge in [0.2, 0.25) is 0 Å². The van der Waals surface area contributed by atoms with Crippen molar-refractivity contribution in [2.24, 2.45) is 7.05 Å². The van der Waals surface area contributed by atoms with E-state index in [0.717, 1.165) is 28.5 Å². The summed E-state index contributed by atoms with van der Waals surface area (Å²) in [6, 6.07) is 5.93. The number of nitrogens with two attached hydrogens (primary N) is 1. The van der Waals surface area contributed by atoms with Crippen molar-refractivity contribution in [3.8, 4) is 5.75 Å². The molecule has 20 heavy (non-hydrogen) atoms. The number of methoxy groups -OCH3 is 1. The lowest BCUT2D eigenvalue weighted by Gasteiger charge is -2.11. The minimum atomic E-state index is 0.300. The maximum Gasteiger partial charge on any atom is 0.152 e. The SMILES string of the molecule is COc1ccc(Nc2c(N)c(C(C)C)nn2C)cc1C. The molecule has 0 aliphatic carbocycles. The van der Waals surface area contributed by atoms with Crippen LogP contribution in [0.1, 0.15) is 31.0 Å². The molecule has 0 amide bonds. The summed E-state index contributed by atoms with van der Waals surface area (Å²) in [6.07, 6.45) is 0. The maximum absolute atomic E-state index is 6.18. The molecule has 5 nitrogen and oxygen atoms in total. The van der Waals surface area contributed by atoms with Crippen LogP contribution in [0.3, 0.4) is 0 Å². The van der Waals surface area contributed by atoms with Gasteiger partial charge in [0.1, 0.15) is 5.75 Å². The zero-order chi connectivity index (χ0) is 14.9. The highest BCUT2D eigenvalue weighted by molar-refractivity contribution is 5.72. The van der Waals surface area contributed by atoms with Crippen LogP contribution in [0.5, 0.6) is 5.75 Å². The Hall–Kier alpha value is -2.17. The van der Waals surface area contributed by atoms with E-state index in [4.69, 9.17) is 10.5 Å². The van der Waals surface area contributed by atoms with Crippen molar-refractivity contribution in [1.29, 1.82) is 0 Å². The number of hydrogen-bond donors (Lipinski definition) is 2. The molecule has 0 unspecified atom stereocenters. The third kappa shape index (κ3) is 2.57. The first-order valence-electron chi connectivity index (χ1n) is 6.68. The summed E-state index contributed by atoms with van der Waals surface area (Å²) in [4.78, 5) is 0. The van der Waals surface area contributed by atoms with Gasteiger partial charge in [-0.05, 0) is 36.6 Å². The predicted octanol–water partition coefficient (Wildman–Crippen LogP) is 3.19. The average molecular weight is 274 g/mol. The van der Waals surface area contributed by atoms with E-state index in [9.17, 15) is 0 Å². The van der Waals surface area contributed by atoms with E-state index < -0.39 is 0 Å². The molecule has 0 spiro atoms. The zero-order valence-corrected chi connectivity index (χ0v) is 12.7. The molecule has 0 saturated carbocycles. The Kier molecular flexibility index (Phi) is 3.88. The Bertz CT molecular complexity index is 617. The summed E-state index contributed by atoms with van der Waals surface area (Å²) in [5.41, 5.74) is 9.84. The van der Waals surface area contributed by atoms with Gasteiger partial charge in [-0.1, -0.05) is 13.8 Å². The standard InChI is InChI=1S/C15H22N4O/c1-9(2)14-13(16)15(19(4)18-14)17-11-6-7-12(20-5)10(3)8-11/h6-9,17H,16H2,1-5H3. The molecule has 1 aromatic carbocycles. The van der Waals surface area contributed by atoms with Crippen LogP contribution in [-0.2, 0) is 7.05 Å². The fraction of sp³-hybridized carbons (Fsp3) is 0.400. The largest absolute Gasteiger partial charge is 0.496 e. The van der Waals surface area contributed by atoms with Crippen LogP contribution < -0.4 is 15.8 Å². The molecule has 0 fully saturated rings. The third-order valence-electron chi connectivity index (χ3n) is 3.32. The van der Waals surface area contributed by atoms with E-state index in [1.54, 1.807) is 11.8 Å². The van der Waals surface area contributed by atoms with E-state index in [1.165, 1.54) is 0 Å². The summed E-state index contributed by atoms with van der Waals surface area (Å²) in [6.45, 7) is 6.18. The van der Waals surface area contributed by atoms with Crippen molar-refractivity contribution in [1.82, 2.24) is 9.78 Å². The van der Waals surface area contributed by atoms with Crippen LogP contribution in [0.15, 0.2) is 18.2 Å². The quantitative estimate of drug-likeness (QED) is 0.898. The van der Waals surface area contributed by atoms with E-state index >= 15 is 0 Å². The van der Waals surface area contributed by atoms with Gasteiger partial charge >= 0.3 is 0 Å². The van der Waals surface area contributed by atoms with Gasteiger partial charge in [-0.2, -0.15) is 5.10 Å². The van der Waals surface area contributed by atoms with Crippen LogP contribution in [0.2, 0.25) is 0 Å².